The molecule has 9 heavy (non-hydrogen) atoms. The fraction of sp³-hybridized carbons (Fsp3) is 0.600. The third-order valence-electron chi connectivity index (χ3n) is 0.901. The summed E-state index contributed by atoms with van der Waals surface area (Å²) in [7, 11) is 2.67. The van der Waals surface area contributed by atoms with E-state index >= 15 is 0 Å². The van der Waals surface area contributed by atoms with Crippen LogP contribution in [0.3, 0.4) is 0 Å². The number of rotatable bonds is 4. The molecule has 0 unspecified atom stereocenters. The molecule has 0 spiro atoms. The van der Waals surface area contributed by atoms with Crippen LogP contribution in [-0.4, -0.2) is 21.3 Å². The Morgan fingerprint density at radius 2 is 1.44 bits per heavy atom. The summed E-state index contributed by atoms with van der Waals surface area (Å²) in [6.07, 6.45) is 0. The molecule has 0 N–H and O–H groups in total. The van der Waals surface area contributed by atoms with Gasteiger partial charge >= 0.3 is 0 Å². The molecule has 0 saturated carbocycles. The predicted octanol–water partition coefficient (Wildman–Crippen LogP) is 1.62. The third-order valence-corrected chi connectivity index (χ3v) is 2.70. The van der Waals surface area contributed by atoms with Gasteiger partial charge in [0.05, 0.1) is 21.3 Å². The van der Waals surface area contributed by atoms with Gasteiger partial charge in [-0.1, -0.05) is 6.58 Å². The van der Waals surface area contributed by atoms with Gasteiger partial charge in [0.2, 0.25) is 0 Å². The molecule has 0 rings (SSSR count). The average Bonchev–Trinajstić information content (AvgIpc) is 1.95. The van der Waals surface area contributed by atoms with Crippen molar-refractivity contribution in [3.8, 4) is 0 Å². The van der Waals surface area contributed by atoms with Crippen molar-refractivity contribution < 1.29 is 12.5 Å². The van der Waals surface area contributed by atoms with Gasteiger partial charge in [-0.2, -0.15) is 0 Å². The van der Waals surface area contributed by atoms with Crippen molar-refractivity contribution in [1.29, 1.82) is 0 Å². The predicted molar refractivity (Wildman–Crippen MR) is 38.8 cm³/mol. The lowest BCUT2D eigenvalue weighted by Gasteiger charge is -2.28. The van der Waals surface area contributed by atoms with E-state index < -0.39 is 10.9 Å². The lowest BCUT2D eigenvalue weighted by molar-refractivity contribution is 0.258. The van der Waals surface area contributed by atoms with Crippen molar-refractivity contribution in [3.63, 3.8) is 0 Å². The zero-order valence-electron chi connectivity index (χ0n) is 5.92. The third kappa shape index (κ3) is 1.98. The van der Waals surface area contributed by atoms with Gasteiger partial charge < -0.3 is 0 Å². The summed E-state index contributed by atoms with van der Waals surface area (Å²) < 4.78 is 14.7. The molecule has 0 aromatic heterocycles. The maximum absolute atomic E-state index is 4.91. The van der Waals surface area contributed by atoms with E-state index in [-0.39, 0.29) is 0 Å². The molecule has 0 aliphatic rings. The Bertz CT molecular complexity index is 81.9. The van der Waals surface area contributed by atoms with Crippen LogP contribution >= 0.6 is 10.9 Å². The Morgan fingerprint density at radius 1 is 1.11 bits per heavy atom. The van der Waals surface area contributed by atoms with Gasteiger partial charge in [0.25, 0.3) is 0 Å². The quantitative estimate of drug-likeness (QED) is 0.612. The van der Waals surface area contributed by atoms with Gasteiger partial charge in [-0.3, -0.25) is 12.5 Å². The molecule has 0 bridgehead atoms. The summed E-state index contributed by atoms with van der Waals surface area (Å²) in [5.74, 6) is 0. The van der Waals surface area contributed by atoms with Crippen LogP contribution in [0.4, 0.5) is 0 Å². The van der Waals surface area contributed by atoms with Crippen LogP contribution in [0.5, 0.6) is 0 Å². The average molecular weight is 152 g/mol. The second-order valence-corrected chi connectivity index (χ2v) is 3.48. The summed E-state index contributed by atoms with van der Waals surface area (Å²) in [6.45, 7) is 3.51. The highest BCUT2D eigenvalue weighted by Crippen LogP contribution is 2.49. The molecule has 56 valence electrons. The fourth-order valence-electron chi connectivity index (χ4n) is 0.408. The Hall–Kier alpha value is -0.0300. The van der Waals surface area contributed by atoms with Crippen LogP contribution in [0.25, 0.3) is 0 Å². The summed E-state index contributed by atoms with van der Waals surface area (Å²) >= 11 is 0. The van der Waals surface area contributed by atoms with Crippen molar-refractivity contribution in [2.45, 2.75) is 0 Å². The van der Waals surface area contributed by atoms with Crippen molar-refractivity contribution in [2.75, 3.05) is 21.3 Å². The van der Waals surface area contributed by atoms with E-state index in [0.717, 1.165) is 0 Å². The Balaban J connectivity index is 3.98. The molecule has 0 amide bonds. The topological polar surface area (TPSA) is 27.7 Å². The molecule has 0 saturated heterocycles. The van der Waals surface area contributed by atoms with Crippen LogP contribution in [0.1, 0.15) is 0 Å². The smallest absolute Gasteiger partial charge is 0.111 e. The van der Waals surface area contributed by atoms with Crippen molar-refractivity contribution in [3.05, 3.63) is 12.0 Å². The number of hydrogen-bond donors (Lipinski definition) is 0. The first-order valence-corrected chi connectivity index (χ1v) is 3.84. The maximum atomic E-state index is 4.91. The lowest BCUT2D eigenvalue weighted by Crippen LogP contribution is -2.01. The van der Waals surface area contributed by atoms with E-state index in [0.29, 0.717) is 0 Å². The van der Waals surface area contributed by atoms with E-state index in [4.69, 9.17) is 12.5 Å². The highest BCUT2D eigenvalue weighted by Gasteiger charge is 2.16. The van der Waals surface area contributed by atoms with Crippen LogP contribution in [0.15, 0.2) is 12.0 Å². The minimum Gasteiger partial charge on any atom is -0.293 e. The Morgan fingerprint density at radius 3 is 1.44 bits per heavy atom. The molecular weight excluding hydrogens is 140 g/mol. The zero-order chi connectivity index (χ0) is 7.33. The van der Waals surface area contributed by atoms with Crippen molar-refractivity contribution in [2.24, 2.45) is 0 Å². The maximum Gasteiger partial charge on any atom is 0.111 e. The molecule has 4 heteroatoms. The summed E-state index contributed by atoms with van der Waals surface area (Å²) in [4.78, 5) is 0. The van der Waals surface area contributed by atoms with Gasteiger partial charge in [-0.05, 0) is 0 Å². The van der Waals surface area contributed by atoms with Crippen molar-refractivity contribution >= 4 is 10.9 Å². The molecule has 0 aliphatic heterocycles. The normalized spacial score (nSPS) is 13.2. The van der Waals surface area contributed by atoms with E-state index in [1.165, 1.54) is 26.7 Å². The highest BCUT2D eigenvalue weighted by atomic mass is 32.3. The summed E-state index contributed by atoms with van der Waals surface area (Å²) in [5.41, 5.74) is 0. The summed E-state index contributed by atoms with van der Waals surface area (Å²) in [5, 5.41) is 1.52. The highest BCUT2D eigenvalue weighted by molar-refractivity contribution is 8.24. The first kappa shape index (κ1) is 8.97. The molecule has 0 radical (unpaired) electrons. The molecular formula is C5H12O3S. The molecule has 0 aromatic carbocycles. The zero-order valence-corrected chi connectivity index (χ0v) is 6.73. The Labute approximate surface area is 57.5 Å². The second kappa shape index (κ2) is 3.90. The van der Waals surface area contributed by atoms with Crippen LogP contribution in [0.2, 0.25) is 0 Å². The van der Waals surface area contributed by atoms with E-state index in [2.05, 4.69) is 6.58 Å². The molecule has 0 aromatic rings. The largest absolute Gasteiger partial charge is 0.293 e. The SMILES string of the molecule is C=CS(OC)(OC)OC. The fourth-order valence-corrected chi connectivity index (χ4v) is 1.22. The minimum absolute atomic E-state index is 1.52. The lowest BCUT2D eigenvalue weighted by atomic mass is 11.3. The molecule has 0 fully saturated rings. The standard InChI is InChI=1S/C5H12O3S/c1-5-9(6-2,7-3)8-4/h5H,1H2,2-4H3. The van der Waals surface area contributed by atoms with Gasteiger partial charge in [-0.15, -0.1) is 0 Å². The van der Waals surface area contributed by atoms with Crippen LogP contribution < -0.4 is 0 Å². The summed E-state index contributed by atoms with van der Waals surface area (Å²) in [6, 6.07) is 0. The molecule has 0 atom stereocenters. The van der Waals surface area contributed by atoms with Crippen LogP contribution in [0, 0.1) is 0 Å². The molecule has 0 heterocycles. The first-order valence-electron chi connectivity index (χ1n) is 2.37. The first-order chi connectivity index (χ1) is 4.24. The van der Waals surface area contributed by atoms with E-state index in [9.17, 15) is 0 Å². The monoisotopic (exact) mass is 152 g/mol. The second-order valence-electron chi connectivity index (χ2n) is 1.16. The number of hydrogen-bond acceptors (Lipinski definition) is 3. The Kier molecular flexibility index (Phi) is 3.88. The molecule has 3 nitrogen and oxygen atoms in total. The van der Waals surface area contributed by atoms with Crippen molar-refractivity contribution in [1.82, 2.24) is 0 Å². The van der Waals surface area contributed by atoms with Gasteiger partial charge in [-0.25, -0.2) is 0 Å². The minimum atomic E-state index is -1.88. The van der Waals surface area contributed by atoms with Gasteiger partial charge in [0.1, 0.15) is 10.9 Å². The van der Waals surface area contributed by atoms with Crippen LogP contribution in [-0.2, 0) is 12.5 Å². The van der Waals surface area contributed by atoms with E-state index in [1.54, 1.807) is 0 Å². The van der Waals surface area contributed by atoms with Gasteiger partial charge in [0.15, 0.2) is 0 Å². The molecule has 0 aliphatic carbocycles. The van der Waals surface area contributed by atoms with E-state index in [1.807, 2.05) is 0 Å². The van der Waals surface area contributed by atoms with Gasteiger partial charge in [0, 0.05) is 5.41 Å².